The van der Waals surface area contributed by atoms with Crippen LogP contribution in [0.5, 0.6) is 0 Å². The molecule has 1 unspecified atom stereocenters. The lowest BCUT2D eigenvalue weighted by Gasteiger charge is -2.14. The third-order valence-corrected chi connectivity index (χ3v) is 4.19. The first-order valence-electron chi connectivity index (χ1n) is 6.10. The number of hydrogen-bond acceptors (Lipinski definition) is 4. The van der Waals surface area contributed by atoms with Crippen molar-refractivity contribution in [3.63, 3.8) is 0 Å². The number of anilines is 1. The van der Waals surface area contributed by atoms with E-state index in [4.69, 9.17) is 0 Å². The average Bonchev–Trinajstić information content (AvgIpc) is 2.56. The molecule has 0 aromatic carbocycles. The Balaban J connectivity index is 2.40. The average molecular weight is 249 g/mol. The summed E-state index contributed by atoms with van der Waals surface area (Å²) in [6, 6.07) is 0.456. The molecule has 2 heterocycles. The van der Waals surface area contributed by atoms with Gasteiger partial charge in [-0.05, 0) is 32.8 Å². The van der Waals surface area contributed by atoms with Crippen LogP contribution in [0, 0.1) is 13.8 Å². The van der Waals surface area contributed by atoms with Gasteiger partial charge in [0.05, 0.1) is 5.39 Å². The van der Waals surface area contributed by atoms with Crippen LogP contribution < -0.4 is 5.32 Å². The second-order valence-corrected chi connectivity index (χ2v) is 5.72. The molecular formula is C13H19N3S. The molecule has 0 saturated heterocycles. The summed E-state index contributed by atoms with van der Waals surface area (Å²) in [6.07, 6.45) is 4.00. The fourth-order valence-corrected chi connectivity index (χ4v) is 3.03. The third kappa shape index (κ3) is 2.41. The van der Waals surface area contributed by atoms with Gasteiger partial charge in [0.25, 0.3) is 0 Å². The first-order chi connectivity index (χ1) is 8.13. The molecule has 2 rings (SSSR count). The molecule has 1 atom stereocenters. The van der Waals surface area contributed by atoms with Gasteiger partial charge in [-0.1, -0.05) is 13.3 Å². The quantitative estimate of drug-likeness (QED) is 0.892. The first-order valence-corrected chi connectivity index (χ1v) is 6.92. The zero-order chi connectivity index (χ0) is 12.4. The molecule has 2 aromatic rings. The minimum absolute atomic E-state index is 0.456. The second kappa shape index (κ2) is 5.00. The predicted octanol–water partition coefficient (Wildman–Crippen LogP) is 3.91. The lowest BCUT2D eigenvalue weighted by molar-refractivity contribution is 0.688. The Morgan fingerprint density at radius 2 is 2.12 bits per heavy atom. The Bertz CT molecular complexity index is 519. The van der Waals surface area contributed by atoms with Crippen molar-refractivity contribution in [2.75, 3.05) is 5.32 Å². The fourth-order valence-electron chi connectivity index (χ4n) is 2.03. The van der Waals surface area contributed by atoms with Gasteiger partial charge in [-0.2, -0.15) is 0 Å². The van der Waals surface area contributed by atoms with Crippen molar-refractivity contribution in [2.45, 2.75) is 46.6 Å². The summed E-state index contributed by atoms with van der Waals surface area (Å²) in [6.45, 7) is 8.69. The maximum absolute atomic E-state index is 4.39. The van der Waals surface area contributed by atoms with Crippen molar-refractivity contribution in [1.82, 2.24) is 9.97 Å². The number of fused-ring (bicyclic) bond motifs is 1. The molecule has 0 bridgehead atoms. The van der Waals surface area contributed by atoms with E-state index >= 15 is 0 Å². The maximum Gasteiger partial charge on any atom is 0.138 e. The zero-order valence-electron chi connectivity index (χ0n) is 10.9. The molecule has 0 spiro atoms. The van der Waals surface area contributed by atoms with E-state index in [1.807, 2.05) is 0 Å². The largest absolute Gasteiger partial charge is 0.367 e. The van der Waals surface area contributed by atoms with Gasteiger partial charge in [0.15, 0.2) is 0 Å². The number of thiophene rings is 1. The van der Waals surface area contributed by atoms with Gasteiger partial charge in [-0.25, -0.2) is 9.97 Å². The van der Waals surface area contributed by atoms with Crippen LogP contribution in [0.2, 0.25) is 0 Å². The van der Waals surface area contributed by atoms with Gasteiger partial charge in [-0.3, -0.25) is 0 Å². The van der Waals surface area contributed by atoms with E-state index in [1.54, 1.807) is 17.7 Å². The Labute approximate surface area is 106 Å². The Kier molecular flexibility index (Phi) is 3.62. The summed E-state index contributed by atoms with van der Waals surface area (Å²) in [5.74, 6) is 0.984. The van der Waals surface area contributed by atoms with Crippen LogP contribution in [-0.2, 0) is 0 Å². The highest BCUT2D eigenvalue weighted by atomic mass is 32.1. The molecular weight excluding hydrogens is 230 g/mol. The van der Waals surface area contributed by atoms with Crippen molar-refractivity contribution in [1.29, 1.82) is 0 Å². The van der Waals surface area contributed by atoms with E-state index in [0.717, 1.165) is 17.1 Å². The SMILES string of the molecule is CCCC(C)Nc1ncnc2sc(C)c(C)c12. The molecule has 0 aliphatic carbocycles. The number of nitrogens with one attached hydrogen (secondary N) is 1. The van der Waals surface area contributed by atoms with Crippen LogP contribution in [0.25, 0.3) is 10.2 Å². The summed E-state index contributed by atoms with van der Waals surface area (Å²) in [7, 11) is 0. The smallest absolute Gasteiger partial charge is 0.138 e. The van der Waals surface area contributed by atoms with Crippen molar-refractivity contribution in [2.24, 2.45) is 0 Å². The van der Waals surface area contributed by atoms with Crippen molar-refractivity contribution in [3.05, 3.63) is 16.8 Å². The lowest BCUT2D eigenvalue weighted by atomic mass is 10.1. The fraction of sp³-hybridized carbons (Fsp3) is 0.538. The lowest BCUT2D eigenvalue weighted by Crippen LogP contribution is -2.15. The highest BCUT2D eigenvalue weighted by Crippen LogP contribution is 2.32. The highest BCUT2D eigenvalue weighted by Gasteiger charge is 2.12. The topological polar surface area (TPSA) is 37.8 Å². The molecule has 0 aliphatic rings. The number of nitrogens with zero attached hydrogens (tertiary/aromatic N) is 2. The summed E-state index contributed by atoms with van der Waals surface area (Å²) < 4.78 is 0. The first kappa shape index (κ1) is 12.3. The number of hydrogen-bond donors (Lipinski definition) is 1. The molecule has 1 N–H and O–H groups in total. The van der Waals surface area contributed by atoms with E-state index < -0.39 is 0 Å². The van der Waals surface area contributed by atoms with Gasteiger partial charge in [-0.15, -0.1) is 11.3 Å². The minimum atomic E-state index is 0.456. The van der Waals surface area contributed by atoms with Gasteiger partial charge in [0.1, 0.15) is 17.0 Å². The molecule has 4 heteroatoms. The van der Waals surface area contributed by atoms with Gasteiger partial charge in [0.2, 0.25) is 0 Å². The minimum Gasteiger partial charge on any atom is -0.367 e. The normalized spacial score (nSPS) is 12.9. The van der Waals surface area contributed by atoms with Crippen LogP contribution in [0.4, 0.5) is 5.82 Å². The van der Waals surface area contributed by atoms with Gasteiger partial charge in [0, 0.05) is 10.9 Å². The number of aromatic nitrogens is 2. The molecule has 0 radical (unpaired) electrons. The van der Waals surface area contributed by atoms with Crippen LogP contribution in [0.3, 0.4) is 0 Å². The van der Waals surface area contributed by atoms with Crippen molar-refractivity contribution in [3.8, 4) is 0 Å². The maximum atomic E-state index is 4.39. The Morgan fingerprint density at radius 1 is 1.35 bits per heavy atom. The number of aryl methyl sites for hydroxylation is 2. The molecule has 3 nitrogen and oxygen atoms in total. The van der Waals surface area contributed by atoms with E-state index in [0.29, 0.717) is 6.04 Å². The van der Waals surface area contributed by atoms with Gasteiger partial charge >= 0.3 is 0 Å². The summed E-state index contributed by atoms with van der Waals surface area (Å²) in [4.78, 5) is 11.1. The van der Waals surface area contributed by atoms with E-state index in [9.17, 15) is 0 Å². The molecule has 92 valence electrons. The molecule has 0 amide bonds. The zero-order valence-corrected chi connectivity index (χ0v) is 11.7. The van der Waals surface area contributed by atoms with Crippen LogP contribution in [0.15, 0.2) is 6.33 Å². The summed E-state index contributed by atoms with van der Waals surface area (Å²) in [5.41, 5.74) is 1.30. The monoisotopic (exact) mass is 249 g/mol. The molecule has 2 aromatic heterocycles. The molecule has 17 heavy (non-hydrogen) atoms. The number of rotatable bonds is 4. The summed E-state index contributed by atoms with van der Waals surface area (Å²) >= 11 is 1.74. The standard InChI is InChI=1S/C13H19N3S/c1-5-6-8(2)16-12-11-9(3)10(4)17-13(11)15-7-14-12/h7-8H,5-6H2,1-4H3,(H,14,15,16). The summed E-state index contributed by atoms with van der Waals surface area (Å²) in [5, 5.41) is 4.69. The Morgan fingerprint density at radius 3 is 2.82 bits per heavy atom. The molecule has 0 aliphatic heterocycles. The van der Waals surface area contributed by atoms with Crippen LogP contribution in [0.1, 0.15) is 37.1 Å². The molecule has 0 saturated carbocycles. The highest BCUT2D eigenvalue weighted by molar-refractivity contribution is 7.18. The molecule has 0 fully saturated rings. The van der Waals surface area contributed by atoms with Crippen molar-refractivity contribution >= 4 is 27.4 Å². The van der Waals surface area contributed by atoms with E-state index in [2.05, 4.69) is 43.0 Å². The Hall–Kier alpha value is -1.16. The van der Waals surface area contributed by atoms with Gasteiger partial charge < -0.3 is 5.32 Å². The van der Waals surface area contributed by atoms with Crippen molar-refractivity contribution < 1.29 is 0 Å². The third-order valence-electron chi connectivity index (χ3n) is 3.07. The van der Waals surface area contributed by atoms with E-state index in [1.165, 1.54) is 22.2 Å². The van der Waals surface area contributed by atoms with Crippen LogP contribution >= 0.6 is 11.3 Å². The second-order valence-electron chi connectivity index (χ2n) is 4.52. The van der Waals surface area contributed by atoms with E-state index in [-0.39, 0.29) is 0 Å². The van der Waals surface area contributed by atoms with Crippen LogP contribution in [-0.4, -0.2) is 16.0 Å². The predicted molar refractivity (Wildman–Crippen MR) is 74.9 cm³/mol.